The van der Waals surface area contributed by atoms with Crippen molar-refractivity contribution >= 4 is 11.9 Å². The molecule has 0 heterocycles. The van der Waals surface area contributed by atoms with Gasteiger partial charge in [-0.15, -0.1) is 0 Å². The number of nitrogens with zero attached hydrogens (tertiary/aromatic N) is 2. The Bertz CT molecular complexity index is 519. The zero-order chi connectivity index (χ0) is 11.2. The van der Waals surface area contributed by atoms with Gasteiger partial charge >= 0.3 is 0 Å². The van der Waals surface area contributed by atoms with Crippen LogP contribution >= 0.6 is 0 Å². The van der Waals surface area contributed by atoms with Crippen molar-refractivity contribution in [2.24, 2.45) is 4.99 Å². The normalized spacial score (nSPS) is 10.2. The Morgan fingerprint density at radius 1 is 0.938 bits per heavy atom. The van der Waals surface area contributed by atoms with Crippen LogP contribution in [0.25, 0.3) is 0 Å². The summed E-state index contributed by atoms with van der Waals surface area (Å²) in [5, 5.41) is 8.65. The highest BCUT2D eigenvalue weighted by Crippen LogP contribution is 2.10. The molecule has 0 amide bonds. The van der Waals surface area contributed by atoms with Crippen LogP contribution < -0.4 is 0 Å². The number of para-hydroxylation sites is 1. The van der Waals surface area contributed by atoms with E-state index in [1.54, 1.807) is 18.3 Å². The minimum atomic E-state index is 0.664. The number of benzene rings is 2. The lowest BCUT2D eigenvalue weighted by Crippen LogP contribution is -1.80. The molecule has 0 aliphatic heterocycles. The quantitative estimate of drug-likeness (QED) is 0.694. The summed E-state index contributed by atoms with van der Waals surface area (Å²) < 4.78 is 0. The van der Waals surface area contributed by atoms with Gasteiger partial charge in [0.15, 0.2) is 0 Å². The highest BCUT2D eigenvalue weighted by molar-refractivity contribution is 5.82. The summed E-state index contributed by atoms with van der Waals surface area (Å²) in [4.78, 5) is 4.32. The molecule has 16 heavy (non-hydrogen) atoms. The maximum absolute atomic E-state index is 8.65. The van der Waals surface area contributed by atoms with E-state index in [2.05, 4.69) is 11.1 Å². The molecule has 2 nitrogen and oxygen atoms in total. The average molecular weight is 206 g/mol. The van der Waals surface area contributed by atoms with Crippen molar-refractivity contribution in [3.63, 3.8) is 0 Å². The number of hydrogen-bond acceptors (Lipinski definition) is 2. The van der Waals surface area contributed by atoms with Crippen LogP contribution in [-0.2, 0) is 0 Å². The summed E-state index contributed by atoms with van der Waals surface area (Å²) in [5.74, 6) is 0. The van der Waals surface area contributed by atoms with Crippen molar-refractivity contribution < 1.29 is 0 Å². The minimum Gasteiger partial charge on any atom is -0.256 e. The Labute approximate surface area is 94.5 Å². The van der Waals surface area contributed by atoms with Gasteiger partial charge < -0.3 is 0 Å². The lowest BCUT2D eigenvalue weighted by Gasteiger charge is -1.93. The number of rotatable bonds is 2. The lowest BCUT2D eigenvalue weighted by atomic mass is 10.2. The first-order valence-electron chi connectivity index (χ1n) is 4.98. The van der Waals surface area contributed by atoms with E-state index in [-0.39, 0.29) is 0 Å². The molecule has 2 rings (SSSR count). The van der Waals surface area contributed by atoms with Gasteiger partial charge in [0.1, 0.15) is 0 Å². The third-order valence-electron chi connectivity index (χ3n) is 2.16. The molecule has 0 bridgehead atoms. The van der Waals surface area contributed by atoms with Crippen LogP contribution in [0.1, 0.15) is 11.1 Å². The topological polar surface area (TPSA) is 36.1 Å². The summed E-state index contributed by atoms with van der Waals surface area (Å²) in [7, 11) is 0. The molecule has 2 aromatic rings. The first-order chi connectivity index (χ1) is 7.88. The SMILES string of the molecule is N#Cc1ccc(/C=N\c2ccccc2)cc1. The molecule has 0 fully saturated rings. The smallest absolute Gasteiger partial charge is 0.0991 e. The van der Waals surface area contributed by atoms with E-state index in [0.29, 0.717) is 5.56 Å². The molecular formula is C14H10N2. The Morgan fingerprint density at radius 2 is 1.62 bits per heavy atom. The second kappa shape index (κ2) is 4.90. The van der Waals surface area contributed by atoms with E-state index in [0.717, 1.165) is 11.3 Å². The van der Waals surface area contributed by atoms with Crippen molar-refractivity contribution in [1.82, 2.24) is 0 Å². The van der Waals surface area contributed by atoms with Crippen LogP contribution in [0.4, 0.5) is 5.69 Å². The van der Waals surface area contributed by atoms with E-state index in [9.17, 15) is 0 Å². The van der Waals surface area contributed by atoms with E-state index in [4.69, 9.17) is 5.26 Å². The molecule has 0 saturated carbocycles. The summed E-state index contributed by atoms with van der Waals surface area (Å²) in [6.07, 6.45) is 1.79. The van der Waals surface area contributed by atoms with Crippen molar-refractivity contribution in [2.45, 2.75) is 0 Å². The largest absolute Gasteiger partial charge is 0.256 e. The van der Waals surface area contributed by atoms with Gasteiger partial charge in [-0.2, -0.15) is 5.26 Å². The van der Waals surface area contributed by atoms with Crippen LogP contribution in [-0.4, -0.2) is 6.21 Å². The first kappa shape index (κ1) is 10.1. The van der Waals surface area contributed by atoms with Crippen molar-refractivity contribution in [2.75, 3.05) is 0 Å². The second-order valence-corrected chi connectivity index (χ2v) is 3.33. The van der Waals surface area contributed by atoms with Crippen LogP contribution in [0.15, 0.2) is 59.6 Å². The highest BCUT2D eigenvalue weighted by Gasteiger charge is 1.90. The van der Waals surface area contributed by atoms with Gasteiger partial charge in [0.25, 0.3) is 0 Å². The Balaban J connectivity index is 2.15. The summed E-state index contributed by atoms with van der Waals surface area (Å²) in [6.45, 7) is 0. The van der Waals surface area contributed by atoms with Gasteiger partial charge in [0.05, 0.1) is 17.3 Å². The average Bonchev–Trinajstić information content (AvgIpc) is 2.38. The fraction of sp³-hybridized carbons (Fsp3) is 0. The van der Waals surface area contributed by atoms with Gasteiger partial charge in [-0.05, 0) is 29.8 Å². The van der Waals surface area contributed by atoms with Crippen molar-refractivity contribution in [1.29, 1.82) is 5.26 Å². The Kier molecular flexibility index (Phi) is 3.10. The van der Waals surface area contributed by atoms with E-state index in [1.807, 2.05) is 42.5 Å². The molecule has 2 heteroatoms. The monoisotopic (exact) mass is 206 g/mol. The third-order valence-corrected chi connectivity index (χ3v) is 2.16. The molecule has 0 spiro atoms. The molecule has 0 atom stereocenters. The van der Waals surface area contributed by atoms with E-state index >= 15 is 0 Å². The predicted molar refractivity (Wildman–Crippen MR) is 64.9 cm³/mol. The predicted octanol–water partition coefficient (Wildman–Crippen LogP) is 3.31. The molecule has 0 N–H and O–H groups in total. The first-order valence-corrected chi connectivity index (χ1v) is 4.98. The fourth-order valence-electron chi connectivity index (χ4n) is 1.31. The molecule has 2 aromatic carbocycles. The summed E-state index contributed by atoms with van der Waals surface area (Å²) in [6, 6.07) is 19.2. The number of aliphatic imine (C=N–C) groups is 1. The van der Waals surface area contributed by atoms with Crippen LogP contribution in [0.3, 0.4) is 0 Å². The Morgan fingerprint density at radius 3 is 2.25 bits per heavy atom. The van der Waals surface area contributed by atoms with E-state index < -0.39 is 0 Å². The molecular weight excluding hydrogens is 196 g/mol. The summed E-state index contributed by atoms with van der Waals surface area (Å²) >= 11 is 0. The standard InChI is InChI=1S/C14H10N2/c15-10-12-6-8-13(9-7-12)11-16-14-4-2-1-3-5-14/h1-9,11H/b16-11-. The Hall–Kier alpha value is -2.40. The summed E-state index contributed by atoms with van der Waals surface area (Å²) in [5.41, 5.74) is 2.58. The zero-order valence-electron chi connectivity index (χ0n) is 8.67. The maximum Gasteiger partial charge on any atom is 0.0991 e. The van der Waals surface area contributed by atoms with E-state index in [1.165, 1.54) is 0 Å². The number of hydrogen-bond donors (Lipinski definition) is 0. The van der Waals surface area contributed by atoms with Crippen LogP contribution in [0.5, 0.6) is 0 Å². The molecule has 0 saturated heterocycles. The minimum absolute atomic E-state index is 0.664. The number of nitriles is 1. The molecule has 0 radical (unpaired) electrons. The third kappa shape index (κ3) is 2.55. The molecule has 0 unspecified atom stereocenters. The van der Waals surface area contributed by atoms with Crippen LogP contribution in [0.2, 0.25) is 0 Å². The van der Waals surface area contributed by atoms with Gasteiger partial charge in [-0.1, -0.05) is 30.3 Å². The molecule has 0 aliphatic rings. The second-order valence-electron chi connectivity index (χ2n) is 3.33. The highest BCUT2D eigenvalue weighted by atomic mass is 14.7. The fourth-order valence-corrected chi connectivity index (χ4v) is 1.31. The van der Waals surface area contributed by atoms with Gasteiger partial charge in [0.2, 0.25) is 0 Å². The molecule has 0 aromatic heterocycles. The van der Waals surface area contributed by atoms with Crippen molar-refractivity contribution in [3.05, 3.63) is 65.7 Å². The van der Waals surface area contributed by atoms with Gasteiger partial charge in [0, 0.05) is 6.21 Å². The van der Waals surface area contributed by atoms with Crippen molar-refractivity contribution in [3.8, 4) is 6.07 Å². The maximum atomic E-state index is 8.65. The van der Waals surface area contributed by atoms with Gasteiger partial charge in [-0.25, -0.2) is 0 Å². The van der Waals surface area contributed by atoms with Gasteiger partial charge in [-0.3, -0.25) is 4.99 Å². The molecule has 0 aliphatic carbocycles. The lowest BCUT2D eigenvalue weighted by molar-refractivity contribution is 1.48. The van der Waals surface area contributed by atoms with Crippen LogP contribution in [0, 0.1) is 11.3 Å². The zero-order valence-corrected chi connectivity index (χ0v) is 8.67. The molecule has 76 valence electrons.